The summed E-state index contributed by atoms with van der Waals surface area (Å²) in [4.78, 5) is 69.7. The molecule has 0 spiro atoms. The SMILES string of the molecule is C=CCOC(=O)C(=O)C(CC1CCC1)NC(=O)[C@@H]1[C@@H]2[C@H](CN1C(=O)[C@@H](NC(=O)NC1(CS(=O)(=O)C(C)(C)C)CCCCC1)C(C)(C)C)C2(C)C. The fourth-order valence-electron chi connectivity index (χ4n) is 8.05. The molecule has 0 radical (unpaired) electrons. The summed E-state index contributed by atoms with van der Waals surface area (Å²) in [5.74, 6) is -2.91. The summed E-state index contributed by atoms with van der Waals surface area (Å²) in [7, 11) is -3.57. The Labute approximate surface area is 298 Å². The largest absolute Gasteiger partial charge is 0.456 e. The van der Waals surface area contributed by atoms with Crippen molar-refractivity contribution in [2.45, 2.75) is 142 Å². The molecule has 4 rings (SSSR count). The lowest BCUT2D eigenvalue weighted by Gasteiger charge is -2.41. The smallest absolute Gasteiger partial charge is 0.377 e. The van der Waals surface area contributed by atoms with Crippen LogP contribution in [0.15, 0.2) is 12.7 Å². The van der Waals surface area contributed by atoms with Crippen LogP contribution >= 0.6 is 0 Å². The number of carbonyl (C=O) groups excluding carboxylic acids is 5. The van der Waals surface area contributed by atoms with Crippen LogP contribution in [0.25, 0.3) is 0 Å². The van der Waals surface area contributed by atoms with E-state index in [2.05, 4.69) is 36.4 Å². The van der Waals surface area contributed by atoms with Crippen LogP contribution in [-0.2, 0) is 33.8 Å². The Morgan fingerprint density at radius 3 is 2.10 bits per heavy atom. The Morgan fingerprint density at radius 2 is 1.58 bits per heavy atom. The fraction of sp³-hybridized carbons (Fsp3) is 0.811. The maximum atomic E-state index is 14.5. The molecule has 3 saturated carbocycles. The minimum Gasteiger partial charge on any atom is -0.456 e. The zero-order valence-electron chi connectivity index (χ0n) is 31.4. The highest BCUT2D eigenvalue weighted by molar-refractivity contribution is 7.92. The summed E-state index contributed by atoms with van der Waals surface area (Å²) in [5.41, 5.74) is -1.95. The van der Waals surface area contributed by atoms with E-state index < -0.39 is 73.3 Å². The summed E-state index contributed by atoms with van der Waals surface area (Å²) >= 11 is 0. The molecule has 0 aromatic rings. The summed E-state index contributed by atoms with van der Waals surface area (Å²) in [5, 5.41) is 8.72. The highest BCUT2D eigenvalue weighted by Crippen LogP contribution is 2.65. The van der Waals surface area contributed by atoms with E-state index in [9.17, 15) is 32.4 Å². The number of nitrogens with one attached hydrogen (secondary N) is 3. The van der Waals surface area contributed by atoms with Crippen molar-refractivity contribution in [1.29, 1.82) is 0 Å². The molecule has 1 aliphatic heterocycles. The molecule has 3 aliphatic carbocycles. The average molecular weight is 721 g/mol. The van der Waals surface area contributed by atoms with Gasteiger partial charge >= 0.3 is 12.0 Å². The third-order valence-electron chi connectivity index (χ3n) is 11.7. The molecule has 0 bridgehead atoms. The van der Waals surface area contributed by atoms with Crippen LogP contribution in [0.2, 0.25) is 0 Å². The fourth-order valence-corrected chi connectivity index (χ4v) is 9.57. The first-order chi connectivity index (χ1) is 23.0. The number of nitrogens with zero attached hydrogens (tertiary/aromatic N) is 1. The van der Waals surface area contributed by atoms with Gasteiger partial charge in [-0.3, -0.25) is 14.4 Å². The summed E-state index contributed by atoms with van der Waals surface area (Å²) in [6, 6.07) is -3.65. The van der Waals surface area contributed by atoms with E-state index >= 15 is 0 Å². The Balaban J connectivity index is 1.55. The third kappa shape index (κ3) is 8.56. The molecular formula is C37H60N4O8S. The van der Waals surface area contributed by atoms with Crippen LogP contribution in [0.3, 0.4) is 0 Å². The number of rotatable bonds is 13. The number of ether oxygens (including phenoxy) is 1. The molecule has 282 valence electrons. The van der Waals surface area contributed by atoms with Gasteiger partial charge in [0.25, 0.3) is 5.78 Å². The quantitative estimate of drug-likeness (QED) is 0.145. The minimum absolute atomic E-state index is 0.0445. The number of esters is 1. The number of ketones is 1. The minimum atomic E-state index is -3.57. The first-order valence-corrected chi connectivity index (χ1v) is 19.9. The van der Waals surface area contributed by atoms with Crippen molar-refractivity contribution in [3.05, 3.63) is 12.7 Å². The Hall–Kier alpha value is -2.96. The number of urea groups is 1. The molecule has 5 atom stereocenters. The maximum Gasteiger partial charge on any atom is 0.377 e. The highest BCUT2D eigenvalue weighted by atomic mass is 32.2. The Bertz CT molecular complexity index is 1450. The molecule has 0 aromatic carbocycles. The average Bonchev–Trinajstić information content (AvgIpc) is 3.29. The van der Waals surface area contributed by atoms with E-state index in [1.807, 2.05) is 20.8 Å². The van der Waals surface area contributed by atoms with E-state index in [-0.39, 0.29) is 35.5 Å². The van der Waals surface area contributed by atoms with E-state index in [0.717, 1.165) is 38.5 Å². The molecule has 0 aromatic heterocycles. The van der Waals surface area contributed by atoms with E-state index in [4.69, 9.17) is 4.74 Å². The van der Waals surface area contributed by atoms with Crippen molar-refractivity contribution < 1.29 is 37.1 Å². The van der Waals surface area contributed by atoms with Crippen molar-refractivity contribution in [3.8, 4) is 0 Å². The van der Waals surface area contributed by atoms with Gasteiger partial charge < -0.3 is 25.6 Å². The van der Waals surface area contributed by atoms with Crippen LogP contribution in [0.1, 0.15) is 113 Å². The molecule has 4 fully saturated rings. The first-order valence-electron chi connectivity index (χ1n) is 18.3. The van der Waals surface area contributed by atoms with Crippen LogP contribution < -0.4 is 16.0 Å². The van der Waals surface area contributed by atoms with E-state index in [1.54, 1.807) is 20.8 Å². The molecule has 4 amide bonds. The molecule has 4 aliphatic rings. The summed E-state index contributed by atoms with van der Waals surface area (Å²) in [6.07, 6.45) is 8.03. The van der Waals surface area contributed by atoms with E-state index in [1.165, 1.54) is 11.0 Å². The molecule has 13 heteroatoms. The number of likely N-dealkylation sites (tertiary alicyclic amines) is 1. The lowest BCUT2D eigenvalue weighted by Crippen LogP contribution is -2.64. The number of fused-ring (bicyclic) bond motifs is 1. The van der Waals surface area contributed by atoms with Gasteiger partial charge in [-0.2, -0.15) is 0 Å². The second-order valence-electron chi connectivity index (χ2n) is 17.8. The van der Waals surface area contributed by atoms with Crippen molar-refractivity contribution in [3.63, 3.8) is 0 Å². The van der Waals surface area contributed by atoms with Gasteiger partial charge in [0.05, 0.1) is 22.1 Å². The monoisotopic (exact) mass is 720 g/mol. The maximum absolute atomic E-state index is 14.5. The molecule has 1 saturated heterocycles. The van der Waals surface area contributed by atoms with Crippen molar-refractivity contribution in [2.24, 2.45) is 28.6 Å². The molecule has 1 unspecified atom stereocenters. The van der Waals surface area contributed by atoms with Gasteiger partial charge in [-0.05, 0) is 68.6 Å². The first kappa shape index (κ1) is 39.8. The number of amides is 4. The number of hydrogen-bond acceptors (Lipinski definition) is 8. The summed E-state index contributed by atoms with van der Waals surface area (Å²) in [6.45, 7) is 18.2. The van der Waals surface area contributed by atoms with Crippen LogP contribution in [-0.4, -0.2) is 90.2 Å². The van der Waals surface area contributed by atoms with Crippen molar-refractivity contribution in [1.82, 2.24) is 20.9 Å². The number of sulfone groups is 1. The van der Waals surface area contributed by atoms with Crippen LogP contribution in [0.4, 0.5) is 4.79 Å². The zero-order valence-corrected chi connectivity index (χ0v) is 32.2. The lowest BCUT2D eigenvalue weighted by atomic mass is 9.80. The molecule has 3 N–H and O–H groups in total. The number of hydrogen-bond donors (Lipinski definition) is 3. The molecule has 12 nitrogen and oxygen atoms in total. The van der Waals surface area contributed by atoms with Gasteiger partial charge in [-0.15, -0.1) is 0 Å². The topological polar surface area (TPSA) is 168 Å². The number of Topliss-reactive ketones (excluding diaryl/α,β-unsaturated/α-hetero) is 1. The van der Waals surface area contributed by atoms with E-state index in [0.29, 0.717) is 25.8 Å². The normalized spacial score (nSPS) is 25.6. The molecular weight excluding hydrogens is 660 g/mol. The Morgan fingerprint density at radius 1 is 0.960 bits per heavy atom. The van der Waals surface area contributed by atoms with Gasteiger partial charge in [0, 0.05) is 6.54 Å². The highest BCUT2D eigenvalue weighted by Gasteiger charge is 2.70. The van der Waals surface area contributed by atoms with Crippen LogP contribution in [0.5, 0.6) is 0 Å². The van der Waals surface area contributed by atoms with Gasteiger partial charge in [-0.1, -0.05) is 85.8 Å². The number of piperidine rings is 1. The molecule has 50 heavy (non-hydrogen) atoms. The predicted octanol–water partition coefficient (Wildman–Crippen LogP) is 4.07. The van der Waals surface area contributed by atoms with Gasteiger partial charge in [-0.25, -0.2) is 18.0 Å². The molecule has 1 heterocycles. The third-order valence-corrected chi connectivity index (χ3v) is 14.5. The van der Waals surface area contributed by atoms with Gasteiger partial charge in [0.15, 0.2) is 9.84 Å². The summed E-state index contributed by atoms with van der Waals surface area (Å²) < 4.78 is 30.6. The number of carbonyl (C=O) groups is 5. The standard InChI is InChI=1S/C37H60N4O8S/c1-10-19-49-32(45)28(42)25(20-23-15-14-16-23)38-30(43)27-26-24(36(26,8)9)21-41(27)31(44)29(34(2,3)4)39-33(46)40-37(17-12-11-13-18-37)22-50(47,48)35(5,6)7/h10,23-27,29H,1,11-22H2,2-9H3,(H,38,43)(H2,39,40,46)/t24-,25?,26-,27-,29+/m0/s1. The van der Waals surface area contributed by atoms with Gasteiger partial charge in [0.2, 0.25) is 11.8 Å². The van der Waals surface area contributed by atoms with Crippen LogP contribution in [0, 0.1) is 28.6 Å². The zero-order chi connectivity index (χ0) is 37.4. The Kier molecular flexibility index (Phi) is 11.6. The van der Waals surface area contributed by atoms with Crippen molar-refractivity contribution in [2.75, 3.05) is 18.9 Å². The lowest BCUT2D eigenvalue weighted by molar-refractivity contribution is -0.155. The second kappa shape index (κ2) is 14.6. The second-order valence-corrected chi connectivity index (χ2v) is 20.6. The van der Waals surface area contributed by atoms with Gasteiger partial charge in [0.1, 0.15) is 18.7 Å². The predicted molar refractivity (Wildman–Crippen MR) is 191 cm³/mol. The van der Waals surface area contributed by atoms with Crippen molar-refractivity contribution >= 4 is 39.4 Å².